The molecule has 102 valence electrons. The summed E-state index contributed by atoms with van der Waals surface area (Å²) in [6.45, 7) is 1.37. The number of piperazine rings is 1. The lowest BCUT2D eigenvalue weighted by Gasteiger charge is -2.31. The number of rotatable bonds is 2. The zero-order chi connectivity index (χ0) is 14.2. The van der Waals surface area contributed by atoms with Crippen molar-refractivity contribution in [3.05, 3.63) is 33.8 Å². The molecule has 7 heteroatoms. The number of hydrogen-bond donors (Lipinski definition) is 1. The average Bonchev–Trinajstić information content (AvgIpc) is 2.35. The number of amides is 2. The van der Waals surface area contributed by atoms with Gasteiger partial charge in [-0.05, 0) is 35.0 Å². The minimum atomic E-state index is -0.717. The van der Waals surface area contributed by atoms with E-state index in [2.05, 4.69) is 21.2 Å². The van der Waals surface area contributed by atoms with Gasteiger partial charge in [-0.25, -0.2) is 8.78 Å². The third-order valence-electron chi connectivity index (χ3n) is 3.04. The van der Waals surface area contributed by atoms with Gasteiger partial charge in [0, 0.05) is 12.1 Å². The van der Waals surface area contributed by atoms with E-state index >= 15 is 0 Å². The molecule has 2 rings (SSSR count). The third-order valence-corrected chi connectivity index (χ3v) is 3.65. The van der Waals surface area contributed by atoms with Gasteiger partial charge in [0.15, 0.2) is 0 Å². The molecule has 0 radical (unpaired) electrons. The Bertz CT molecular complexity index is 551. The van der Waals surface area contributed by atoms with E-state index in [1.54, 1.807) is 6.92 Å². The van der Waals surface area contributed by atoms with Crippen LogP contribution in [0.1, 0.15) is 12.5 Å². The molecule has 1 fully saturated rings. The Morgan fingerprint density at radius 2 is 2.11 bits per heavy atom. The van der Waals surface area contributed by atoms with E-state index < -0.39 is 29.5 Å². The normalized spacial score (nSPS) is 20.5. The van der Waals surface area contributed by atoms with E-state index in [4.69, 9.17) is 0 Å². The Morgan fingerprint density at radius 3 is 2.79 bits per heavy atom. The number of carbonyl (C=O) groups excluding carboxylic acids is 2. The van der Waals surface area contributed by atoms with Crippen LogP contribution in [0.5, 0.6) is 0 Å². The lowest BCUT2D eigenvalue weighted by atomic mass is 10.1. The highest BCUT2D eigenvalue weighted by atomic mass is 79.9. The SMILES string of the molecule is CC1C(=O)NC(=O)CN1Cc1c(F)ccc(Br)c1F. The van der Waals surface area contributed by atoms with Crippen LogP contribution in [0, 0.1) is 11.6 Å². The van der Waals surface area contributed by atoms with Crippen LogP contribution in [-0.2, 0) is 16.1 Å². The van der Waals surface area contributed by atoms with Crippen LogP contribution in [0.3, 0.4) is 0 Å². The highest BCUT2D eigenvalue weighted by molar-refractivity contribution is 9.10. The maximum absolute atomic E-state index is 13.8. The van der Waals surface area contributed by atoms with E-state index in [0.717, 1.165) is 6.07 Å². The number of hydrogen-bond acceptors (Lipinski definition) is 3. The van der Waals surface area contributed by atoms with Crippen LogP contribution < -0.4 is 5.32 Å². The van der Waals surface area contributed by atoms with Crippen LogP contribution in [0.25, 0.3) is 0 Å². The molecule has 2 amide bonds. The molecule has 0 aliphatic carbocycles. The highest BCUT2D eigenvalue weighted by Crippen LogP contribution is 2.23. The third kappa shape index (κ3) is 2.82. The van der Waals surface area contributed by atoms with Gasteiger partial charge in [-0.2, -0.15) is 0 Å². The Kier molecular flexibility index (Phi) is 3.96. The second-order valence-electron chi connectivity index (χ2n) is 4.32. The van der Waals surface area contributed by atoms with Crippen molar-refractivity contribution in [2.24, 2.45) is 0 Å². The van der Waals surface area contributed by atoms with E-state index in [1.807, 2.05) is 0 Å². The van der Waals surface area contributed by atoms with Gasteiger partial charge < -0.3 is 0 Å². The van der Waals surface area contributed by atoms with Crippen molar-refractivity contribution in [3.8, 4) is 0 Å². The first-order valence-electron chi connectivity index (χ1n) is 5.60. The van der Waals surface area contributed by atoms with Gasteiger partial charge in [-0.15, -0.1) is 0 Å². The number of imide groups is 1. The largest absolute Gasteiger partial charge is 0.294 e. The van der Waals surface area contributed by atoms with Gasteiger partial charge in [0.05, 0.1) is 17.1 Å². The Labute approximate surface area is 116 Å². The van der Waals surface area contributed by atoms with Crippen molar-refractivity contribution in [1.29, 1.82) is 0 Å². The Hall–Kier alpha value is -1.34. The molecule has 0 spiro atoms. The molecular weight excluding hydrogens is 322 g/mol. The van der Waals surface area contributed by atoms with Crippen molar-refractivity contribution in [1.82, 2.24) is 10.2 Å². The summed E-state index contributed by atoms with van der Waals surface area (Å²) < 4.78 is 27.6. The van der Waals surface area contributed by atoms with E-state index in [-0.39, 0.29) is 23.1 Å². The maximum Gasteiger partial charge on any atom is 0.243 e. The number of carbonyl (C=O) groups is 2. The van der Waals surface area contributed by atoms with Gasteiger partial charge in [-0.3, -0.25) is 19.8 Å². The van der Waals surface area contributed by atoms with Crippen molar-refractivity contribution in [2.45, 2.75) is 19.5 Å². The van der Waals surface area contributed by atoms with E-state index in [0.29, 0.717) is 0 Å². The standard InChI is InChI=1S/C12H11BrF2N2O2/c1-6-12(19)16-10(18)5-17(6)4-7-9(14)3-2-8(13)11(7)15/h2-3,6H,4-5H2,1H3,(H,16,18,19). The summed E-state index contributed by atoms with van der Waals surface area (Å²) >= 11 is 2.98. The van der Waals surface area contributed by atoms with Gasteiger partial charge in [0.1, 0.15) is 11.6 Å². The molecule has 0 saturated carbocycles. The first kappa shape index (κ1) is 14.1. The lowest BCUT2D eigenvalue weighted by Crippen LogP contribution is -2.56. The second-order valence-corrected chi connectivity index (χ2v) is 5.17. The molecular formula is C12H11BrF2N2O2. The van der Waals surface area contributed by atoms with Gasteiger partial charge in [-0.1, -0.05) is 0 Å². The minimum absolute atomic E-state index is 0.0711. The topological polar surface area (TPSA) is 49.4 Å². The fourth-order valence-electron chi connectivity index (χ4n) is 1.88. The van der Waals surface area contributed by atoms with Crippen molar-refractivity contribution in [3.63, 3.8) is 0 Å². The summed E-state index contributed by atoms with van der Waals surface area (Å²) in [6, 6.07) is 1.79. The smallest absolute Gasteiger partial charge is 0.243 e. The second kappa shape index (κ2) is 5.34. The number of nitrogens with one attached hydrogen (secondary N) is 1. The lowest BCUT2D eigenvalue weighted by molar-refractivity contribution is -0.139. The summed E-state index contributed by atoms with van der Waals surface area (Å²) in [5.41, 5.74) is -0.163. The molecule has 1 atom stereocenters. The summed E-state index contributed by atoms with van der Waals surface area (Å²) in [6.07, 6.45) is 0. The first-order valence-corrected chi connectivity index (χ1v) is 6.39. The Balaban J connectivity index is 2.28. The number of halogens is 3. The number of nitrogens with zero attached hydrogens (tertiary/aromatic N) is 1. The molecule has 4 nitrogen and oxygen atoms in total. The molecule has 1 N–H and O–H groups in total. The predicted octanol–water partition coefficient (Wildman–Crippen LogP) is 1.57. The van der Waals surface area contributed by atoms with Crippen molar-refractivity contribution in [2.75, 3.05) is 6.54 Å². The maximum atomic E-state index is 13.8. The molecule has 1 aliphatic heterocycles. The molecule has 0 bridgehead atoms. The first-order chi connectivity index (χ1) is 8.90. The van der Waals surface area contributed by atoms with Gasteiger partial charge >= 0.3 is 0 Å². The molecule has 1 heterocycles. The van der Waals surface area contributed by atoms with Gasteiger partial charge in [0.2, 0.25) is 11.8 Å². The summed E-state index contributed by atoms with van der Waals surface area (Å²) in [5.74, 6) is -2.36. The predicted molar refractivity (Wildman–Crippen MR) is 67.1 cm³/mol. The van der Waals surface area contributed by atoms with Crippen LogP contribution in [-0.4, -0.2) is 29.3 Å². The van der Waals surface area contributed by atoms with Gasteiger partial charge in [0.25, 0.3) is 0 Å². The summed E-state index contributed by atoms with van der Waals surface area (Å²) in [7, 11) is 0. The molecule has 1 saturated heterocycles. The quantitative estimate of drug-likeness (QED) is 0.660. The zero-order valence-electron chi connectivity index (χ0n) is 10.0. The molecule has 1 aromatic rings. The highest BCUT2D eigenvalue weighted by Gasteiger charge is 2.31. The molecule has 19 heavy (non-hydrogen) atoms. The fraction of sp³-hybridized carbons (Fsp3) is 0.333. The van der Waals surface area contributed by atoms with E-state index in [9.17, 15) is 18.4 Å². The molecule has 1 aliphatic rings. The Morgan fingerprint density at radius 1 is 1.42 bits per heavy atom. The zero-order valence-corrected chi connectivity index (χ0v) is 11.6. The molecule has 1 aromatic carbocycles. The van der Waals surface area contributed by atoms with Crippen LogP contribution in [0.2, 0.25) is 0 Å². The molecule has 1 unspecified atom stereocenters. The minimum Gasteiger partial charge on any atom is -0.294 e. The van der Waals surface area contributed by atoms with Crippen molar-refractivity contribution < 1.29 is 18.4 Å². The summed E-state index contributed by atoms with van der Waals surface area (Å²) in [5, 5.41) is 2.17. The average molecular weight is 333 g/mol. The van der Waals surface area contributed by atoms with Crippen LogP contribution in [0.15, 0.2) is 16.6 Å². The fourth-order valence-corrected chi connectivity index (χ4v) is 2.25. The van der Waals surface area contributed by atoms with Crippen molar-refractivity contribution >= 4 is 27.7 Å². The number of benzene rings is 1. The van der Waals surface area contributed by atoms with E-state index in [1.165, 1.54) is 11.0 Å². The monoisotopic (exact) mass is 332 g/mol. The van der Waals surface area contributed by atoms with Crippen LogP contribution in [0.4, 0.5) is 8.78 Å². The van der Waals surface area contributed by atoms with Crippen LogP contribution >= 0.6 is 15.9 Å². The summed E-state index contributed by atoms with van der Waals surface area (Å²) in [4.78, 5) is 24.2. The molecule has 0 aromatic heterocycles.